The zero-order valence-corrected chi connectivity index (χ0v) is 23.3. The molecular weight excluding hydrogens is 510 g/mol. The second-order valence-electron chi connectivity index (χ2n) is 9.55. The summed E-state index contributed by atoms with van der Waals surface area (Å²) in [4.78, 5) is 12.0. The van der Waals surface area contributed by atoms with E-state index in [-0.39, 0.29) is 17.5 Å². The molecule has 0 amide bonds. The standard InChI is InChI=1S/C28H29N5O3S.C2H6/c34-17-14-26-30-25-18-29-28-24(13-16-32(28)37(35,36)23-11-5-2-6-12-23)27(25)33(26)22-10-7-15-31(20-22)19-21-8-3-1-4-9-21;1-2/h1-6,8-9,11-13,16,18,22,34H,7,10,14-15,17,19-20H2;1-2H3/t22-;/m1./s1. The van der Waals surface area contributed by atoms with E-state index in [1.54, 1.807) is 42.7 Å². The van der Waals surface area contributed by atoms with Crippen molar-refractivity contribution in [2.45, 2.75) is 50.6 Å². The number of fused-ring (bicyclic) bond motifs is 3. The summed E-state index contributed by atoms with van der Waals surface area (Å²) in [6, 6.07) is 20.8. The molecule has 8 nitrogen and oxygen atoms in total. The van der Waals surface area contributed by atoms with Gasteiger partial charge < -0.3 is 9.67 Å². The molecule has 1 aliphatic rings. The summed E-state index contributed by atoms with van der Waals surface area (Å²) >= 11 is 0. The topological polar surface area (TPSA) is 93.2 Å². The average molecular weight is 546 g/mol. The molecule has 3 aromatic heterocycles. The van der Waals surface area contributed by atoms with Gasteiger partial charge in [0.25, 0.3) is 10.0 Å². The van der Waals surface area contributed by atoms with E-state index in [1.807, 2.05) is 26.0 Å². The van der Waals surface area contributed by atoms with E-state index >= 15 is 0 Å². The molecule has 6 rings (SSSR count). The van der Waals surface area contributed by atoms with Gasteiger partial charge in [-0.3, -0.25) is 4.90 Å². The zero-order chi connectivity index (χ0) is 27.4. The van der Waals surface area contributed by atoms with Crippen LogP contribution in [0.25, 0.3) is 22.1 Å². The summed E-state index contributed by atoms with van der Waals surface area (Å²) in [5.41, 5.74) is 3.25. The Morgan fingerprint density at radius 1 is 1.00 bits per heavy atom. The molecule has 1 fully saturated rings. The first-order valence-electron chi connectivity index (χ1n) is 13.6. The van der Waals surface area contributed by atoms with Crippen molar-refractivity contribution in [1.82, 2.24) is 23.4 Å². The molecule has 1 N–H and O–H groups in total. The first-order chi connectivity index (χ1) is 19.1. The van der Waals surface area contributed by atoms with Crippen molar-refractivity contribution < 1.29 is 13.5 Å². The number of pyridine rings is 1. The van der Waals surface area contributed by atoms with Crippen LogP contribution in [-0.2, 0) is 23.0 Å². The Morgan fingerprint density at radius 2 is 1.72 bits per heavy atom. The van der Waals surface area contributed by atoms with Gasteiger partial charge in [-0.1, -0.05) is 62.4 Å². The zero-order valence-electron chi connectivity index (χ0n) is 22.4. The molecule has 1 saturated heterocycles. The lowest BCUT2D eigenvalue weighted by molar-refractivity contribution is 0.169. The van der Waals surface area contributed by atoms with E-state index in [2.05, 4.69) is 38.7 Å². The van der Waals surface area contributed by atoms with Gasteiger partial charge in [0.2, 0.25) is 0 Å². The molecule has 0 saturated carbocycles. The first kappa shape index (κ1) is 27.1. The van der Waals surface area contributed by atoms with Gasteiger partial charge in [0.1, 0.15) is 11.3 Å². The lowest BCUT2D eigenvalue weighted by Gasteiger charge is -2.34. The number of hydrogen-bond donors (Lipinski definition) is 1. The van der Waals surface area contributed by atoms with Crippen LogP contribution < -0.4 is 0 Å². The largest absolute Gasteiger partial charge is 0.396 e. The summed E-state index contributed by atoms with van der Waals surface area (Å²) in [5, 5.41) is 10.5. The van der Waals surface area contributed by atoms with E-state index in [0.717, 1.165) is 49.2 Å². The lowest BCUT2D eigenvalue weighted by Crippen LogP contribution is -2.36. The molecule has 39 heavy (non-hydrogen) atoms. The normalized spacial score (nSPS) is 16.3. The highest BCUT2D eigenvalue weighted by Crippen LogP contribution is 2.33. The Balaban J connectivity index is 0.00000151. The molecule has 1 atom stereocenters. The molecule has 1 aliphatic heterocycles. The number of aromatic nitrogens is 4. The molecule has 0 radical (unpaired) electrons. The quantitative estimate of drug-likeness (QED) is 0.309. The minimum absolute atomic E-state index is 0.0102. The molecule has 5 aromatic rings. The summed E-state index contributed by atoms with van der Waals surface area (Å²) in [6.45, 7) is 6.74. The lowest BCUT2D eigenvalue weighted by atomic mass is 10.0. The Bertz CT molecular complexity index is 1650. The molecule has 0 bridgehead atoms. The highest BCUT2D eigenvalue weighted by atomic mass is 32.2. The SMILES string of the molecule is CC.O=S(=O)(c1ccccc1)n1ccc2c1ncc1nc(CCO)n([C@@H]3CCCN(Cc4ccccc4)C3)c12. The van der Waals surface area contributed by atoms with Gasteiger partial charge in [-0.05, 0) is 43.1 Å². The van der Waals surface area contributed by atoms with E-state index in [9.17, 15) is 13.5 Å². The fourth-order valence-electron chi connectivity index (χ4n) is 5.49. The minimum Gasteiger partial charge on any atom is -0.396 e. The highest BCUT2D eigenvalue weighted by molar-refractivity contribution is 7.90. The average Bonchev–Trinajstić information content (AvgIpc) is 3.57. The summed E-state index contributed by atoms with van der Waals surface area (Å²) in [7, 11) is -3.80. The van der Waals surface area contributed by atoms with Gasteiger partial charge in [-0.15, -0.1) is 0 Å². The number of rotatable bonds is 7. The van der Waals surface area contributed by atoms with E-state index in [0.29, 0.717) is 17.6 Å². The van der Waals surface area contributed by atoms with Crippen LogP contribution in [0, 0.1) is 0 Å². The molecular formula is C30H35N5O3S. The molecule has 0 spiro atoms. The number of benzene rings is 2. The second kappa shape index (κ2) is 11.7. The van der Waals surface area contributed by atoms with Crippen LogP contribution in [0.3, 0.4) is 0 Å². The van der Waals surface area contributed by atoms with Gasteiger partial charge in [0.05, 0.1) is 23.2 Å². The van der Waals surface area contributed by atoms with Crippen molar-refractivity contribution in [3.05, 3.63) is 90.5 Å². The van der Waals surface area contributed by atoms with Crippen LogP contribution in [0.2, 0.25) is 0 Å². The summed E-state index contributed by atoms with van der Waals surface area (Å²) in [5.74, 6) is 0.803. The number of imidazole rings is 1. The molecule has 204 valence electrons. The third-order valence-electron chi connectivity index (χ3n) is 7.13. The number of nitrogens with zero attached hydrogens (tertiary/aromatic N) is 5. The van der Waals surface area contributed by atoms with Gasteiger partial charge in [-0.25, -0.2) is 22.4 Å². The fourth-order valence-corrected chi connectivity index (χ4v) is 6.81. The Labute approximate surface area is 229 Å². The van der Waals surface area contributed by atoms with Gasteiger partial charge >= 0.3 is 0 Å². The third-order valence-corrected chi connectivity index (χ3v) is 8.81. The van der Waals surface area contributed by atoms with Gasteiger partial charge in [0.15, 0.2) is 5.65 Å². The van der Waals surface area contributed by atoms with E-state index in [4.69, 9.17) is 4.98 Å². The molecule has 2 aromatic carbocycles. The minimum atomic E-state index is -3.80. The van der Waals surface area contributed by atoms with Crippen molar-refractivity contribution in [3.63, 3.8) is 0 Å². The van der Waals surface area contributed by atoms with E-state index in [1.165, 1.54) is 9.54 Å². The predicted octanol–water partition coefficient (Wildman–Crippen LogP) is 5.02. The number of likely N-dealkylation sites (tertiary alicyclic amines) is 1. The maximum absolute atomic E-state index is 13.4. The van der Waals surface area contributed by atoms with Crippen LogP contribution in [-0.4, -0.2) is 56.6 Å². The molecule has 9 heteroatoms. The fraction of sp³-hybridized carbons (Fsp3) is 0.333. The Hall–Kier alpha value is -3.53. The van der Waals surface area contributed by atoms with Crippen molar-refractivity contribution in [1.29, 1.82) is 0 Å². The van der Waals surface area contributed by atoms with Crippen LogP contribution in [0.5, 0.6) is 0 Å². The molecule has 0 aliphatic carbocycles. The molecule has 4 heterocycles. The Kier molecular flexibility index (Phi) is 8.11. The number of aliphatic hydroxyl groups excluding tert-OH is 1. The maximum Gasteiger partial charge on any atom is 0.269 e. The van der Waals surface area contributed by atoms with Crippen molar-refractivity contribution in [2.75, 3.05) is 19.7 Å². The second-order valence-corrected chi connectivity index (χ2v) is 11.4. The molecule has 0 unspecified atom stereocenters. The van der Waals surface area contributed by atoms with Crippen LogP contribution in [0.1, 0.15) is 44.1 Å². The summed E-state index contributed by atoms with van der Waals surface area (Å²) < 4.78 is 30.3. The smallest absolute Gasteiger partial charge is 0.269 e. The third kappa shape index (κ3) is 5.22. The monoisotopic (exact) mass is 545 g/mol. The maximum atomic E-state index is 13.4. The van der Waals surface area contributed by atoms with Crippen LogP contribution >= 0.6 is 0 Å². The van der Waals surface area contributed by atoms with Crippen LogP contribution in [0.4, 0.5) is 0 Å². The predicted molar refractivity (Wildman–Crippen MR) is 154 cm³/mol. The van der Waals surface area contributed by atoms with Crippen molar-refractivity contribution in [2.24, 2.45) is 0 Å². The summed E-state index contributed by atoms with van der Waals surface area (Å²) in [6.07, 6.45) is 5.69. The van der Waals surface area contributed by atoms with E-state index < -0.39 is 10.0 Å². The Morgan fingerprint density at radius 3 is 2.44 bits per heavy atom. The van der Waals surface area contributed by atoms with Gasteiger partial charge in [0, 0.05) is 37.1 Å². The highest BCUT2D eigenvalue weighted by Gasteiger charge is 2.28. The van der Waals surface area contributed by atoms with Crippen molar-refractivity contribution in [3.8, 4) is 0 Å². The number of piperidine rings is 1. The first-order valence-corrected chi connectivity index (χ1v) is 15.0. The number of aliphatic hydroxyl groups is 1. The van der Waals surface area contributed by atoms with Gasteiger partial charge in [-0.2, -0.15) is 0 Å². The van der Waals surface area contributed by atoms with Crippen LogP contribution in [0.15, 0.2) is 84.0 Å². The number of hydrogen-bond acceptors (Lipinski definition) is 6. The van der Waals surface area contributed by atoms with Crippen molar-refractivity contribution >= 4 is 32.1 Å².